The zero-order valence-electron chi connectivity index (χ0n) is 13.9. The maximum atomic E-state index is 13.1. The van der Waals surface area contributed by atoms with Crippen LogP contribution >= 0.6 is 0 Å². The van der Waals surface area contributed by atoms with Gasteiger partial charge in [-0.05, 0) is 55.7 Å². The highest BCUT2D eigenvalue weighted by atomic mass is 19.1. The second-order valence-electron chi connectivity index (χ2n) is 6.15. The summed E-state index contributed by atoms with van der Waals surface area (Å²) < 4.78 is 26.2. The van der Waals surface area contributed by atoms with E-state index >= 15 is 0 Å². The van der Waals surface area contributed by atoms with E-state index in [4.69, 9.17) is 0 Å². The van der Waals surface area contributed by atoms with E-state index in [1.165, 1.54) is 19.3 Å². The minimum Gasteiger partial charge on any atom is -0.376 e. The average Bonchev–Trinajstić information content (AvgIpc) is 2.61. The number of carbonyl (C=O) groups is 1. The third-order valence-electron chi connectivity index (χ3n) is 4.19. The summed E-state index contributed by atoms with van der Waals surface area (Å²) >= 11 is 0. The van der Waals surface area contributed by atoms with Crippen molar-refractivity contribution in [1.29, 1.82) is 0 Å². The van der Waals surface area contributed by atoms with Crippen LogP contribution in [0.1, 0.15) is 19.3 Å². The third-order valence-corrected chi connectivity index (χ3v) is 4.19. The van der Waals surface area contributed by atoms with Crippen molar-refractivity contribution in [3.8, 4) is 0 Å². The smallest absolute Gasteiger partial charge is 0.243 e. The lowest BCUT2D eigenvalue weighted by Crippen LogP contribution is -2.29. The van der Waals surface area contributed by atoms with Crippen LogP contribution in [0.5, 0.6) is 0 Å². The number of halogens is 2. The summed E-state index contributed by atoms with van der Waals surface area (Å²) in [4.78, 5) is 14.3. The van der Waals surface area contributed by atoms with E-state index in [0.717, 1.165) is 37.0 Å². The average molecular weight is 345 g/mol. The van der Waals surface area contributed by atoms with Crippen LogP contribution in [0.3, 0.4) is 0 Å². The maximum Gasteiger partial charge on any atom is 0.243 e. The van der Waals surface area contributed by atoms with Crippen molar-refractivity contribution in [2.45, 2.75) is 19.3 Å². The zero-order valence-corrected chi connectivity index (χ0v) is 13.9. The molecule has 0 spiro atoms. The highest BCUT2D eigenvalue weighted by Crippen LogP contribution is 2.21. The van der Waals surface area contributed by atoms with Crippen molar-refractivity contribution in [3.63, 3.8) is 0 Å². The van der Waals surface area contributed by atoms with Crippen LogP contribution in [-0.4, -0.2) is 25.5 Å². The van der Waals surface area contributed by atoms with Crippen LogP contribution in [0.2, 0.25) is 0 Å². The molecule has 1 saturated heterocycles. The van der Waals surface area contributed by atoms with Gasteiger partial charge in [0.15, 0.2) is 0 Å². The van der Waals surface area contributed by atoms with Crippen molar-refractivity contribution in [2.75, 3.05) is 35.2 Å². The van der Waals surface area contributed by atoms with Crippen LogP contribution in [0.15, 0.2) is 42.5 Å². The topological polar surface area (TPSA) is 44.4 Å². The molecule has 0 aliphatic carbocycles. The number of benzene rings is 2. The normalized spacial score (nSPS) is 14.2. The molecule has 6 heteroatoms. The Kier molecular flexibility index (Phi) is 5.48. The highest BCUT2D eigenvalue weighted by molar-refractivity contribution is 5.93. The first-order chi connectivity index (χ1) is 12.1. The molecule has 2 aromatic carbocycles. The minimum absolute atomic E-state index is 0.0726. The Morgan fingerprint density at radius 2 is 1.56 bits per heavy atom. The number of anilines is 3. The second kappa shape index (κ2) is 7.96. The molecule has 1 amide bonds. The van der Waals surface area contributed by atoms with E-state index < -0.39 is 11.6 Å². The predicted octanol–water partition coefficient (Wildman–Crippen LogP) is 4.01. The molecule has 0 unspecified atom stereocenters. The first-order valence-electron chi connectivity index (χ1n) is 8.45. The van der Waals surface area contributed by atoms with Crippen LogP contribution in [-0.2, 0) is 4.79 Å². The summed E-state index contributed by atoms with van der Waals surface area (Å²) in [6, 6.07) is 10.8. The van der Waals surface area contributed by atoms with Gasteiger partial charge in [0, 0.05) is 36.2 Å². The van der Waals surface area contributed by atoms with E-state index in [0.29, 0.717) is 5.69 Å². The van der Waals surface area contributed by atoms with Gasteiger partial charge < -0.3 is 15.5 Å². The Labute approximate surface area is 145 Å². The number of nitrogens with zero attached hydrogens (tertiary/aromatic N) is 1. The number of carbonyl (C=O) groups excluding carboxylic acids is 1. The molecule has 0 saturated carbocycles. The summed E-state index contributed by atoms with van der Waals surface area (Å²) in [6.45, 7) is 2.07. The Morgan fingerprint density at radius 1 is 0.920 bits per heavy atom. The molecule has 132 valence electrons. The SMILES string of the molecule is O=C(CNc1cc(F)cc(F)c1)Nc1ccc(N2CCCCC2)cc1. The Hall–Kier alpha value is -2.63. The van der Waals surface area contributed by atoms with Gasteiger partial charge in [-0.25, -0.2) is 8.78 Å². The predicted molar refractivity (Wildman–Crippen MR) is 96.0 cm³/mol. The molecule has 1 aliphatic heterocycles. The molecular weight excluding hydrogens is 324 g/mol. The highest BCUT2D eigenvalue weighted by Gasteiger charge is 2.11. The number of amides is 1. The van der Waals surface area contributed by atoms with Gasteiger partial charge >= 0.3 is 0 Å². The zero-order chi connectivity index (χ0) is 17.6. The molecule has 25 heavy (non-hydrogen) atoms. The van der Waals surface area contributed by atoms with Gasteiger partial charge in [0.1, 0.15) is 11.6 Å². The molecule has 0 radical (unpaired) electrons. The maximum absolute atomic E-state index is 13.1. The molecule has 1 aliphatic rings. The lowest BCUT2D eigenvalue weighted by Gasteiger charge is -2.28. The van der Waals surface area contributed by atoms with E-state index in [1.807, 2.05) is 24.3 Å². The molecular formula is C19H21F2N3O. The summed E-state index contributed by atoms with van der Waals surface area (Å²) in [5.41, 5.74) is 2.08. The Morgan fingerprint density at radius 3 is 2.20 bits per heavy atom. The minimum atomic E-state index is -0.684. The Balaban J connectivity index is 1.52. The van der Waals surface area contributed by atoms with Crippen LogP contribution in [0, 0.1) is 11.6 Å². The second-order valence-corrected chi connectivity index (χ2v) is 6.15. The van der Waals surface area contributed by atoms with Crippen molar-refractivity contribution >= 4 is 23.0 Å². The lowest BCUT2D eigenvalue weighted by atomic mass is 10.1. The standard InChI is InChI=1S/C19H21F2N3O/c20-14-10-15(21)12-17(11-14)22-13-19(25)23-16-4-6-18(7-5-16)24-8-2-1-3-9-24/h4-7,10-12,22H,1-3,8-9,13H2,(H,23,25). The van der Waals surface area contributed by atoms with Crippen molar-refractivity contribution in [1.82, 2.24) is 0 Å². The van der Waals surface area contributed by atoms with Crippen molar-refractivity contribution < 1.29 is 13.6 Å². The van der Waals surface area contributed by atoms with Gasteiger partial charge in [0.05, 0.1) is 6.54 Å². The van der Waals surface area contributed by atoms with E-state index in [2.05, 4.69) is 15.5 Å². The number of hydrogen-bond donors (Lipinski definition) is 2. The van der Waals surface area contributed by atoms with Gasteiger partial charge in [-0.2, -0.15) is 0 Å². The number of hydrogen-bond acceptors (Lipinski definition) is 3. The molecule has 0 atom stereocenters. The number of nitrogens with one attached hydrogen (secondary N) is 2. The molecule has 0 bridgehead atoms. The lowest BCUT2D eigenvalue weighted by molar-refractivity contribution is -0.114. The molecule has 3 rings (SSSR count). The first-order valence-corrected chi connectivity index (χ1v) is 8.45. The molecule has 0 aromatic heterocycles. The molecule has 2 N–H and O–H groups in total. The summed E-state index contributed by atoms with van der Waals surface area (Å²) in [6.07, 6.45) is 3.71. The third kappa shape index (κ3) is 4.92. The monoisotopic (exact) mass is 345 g/mol. The fraction of sp³-hybridized carbons (Fsp3) is 0.316. The number of piperidine rings is 1. The van der Waals surface area contributed by atoms with E-state index in [9.17, 15) is 13.6 Å². The Bertz CT molecular complexity index is 708. The van der Waals surface area contributed by atoms with Gasteiger partial charge in [0.2, 0.25) is 5.91 Å². The molecule has 1 fully saturated rings. The van der Waals surface area contributed by atoms with Gasteiger partial charge in [0.25, 0.3) is 0 Å². The van der Waals surface area contributed by atoms with Gasteiger partial charge in [-0.1, -0.05) is 0 Å². The summed E-state index contributed by atoms with van der Waals surface area (Å²) in [5, 5.41) is 5.47. The first kappa shape index (κ1) is 17.2. The van der Waals surface area contributed by atoms with Crippen LogP contribution < -0.4 is 15.5 Å². The number of rotatable bonds is 5. The van der Waals surface area contributed by atoms with Gasteiger partial charge in [-0.15, -0.1) is 0 Å². The van der Waals surface area contributed by atoms with Crippen LogP contribution in [0.25, 0.3) is 0 Å². The molecule has 2 aromatic rings. The van der Waals surface area contributed by atoms with Gasteiger partial charge in [-0.3, -0.25) is 4.79 Å². The van der Waals surface area contributed by atoms with Crippen molar-refractivity contribution in [2.24, 2.45) is 0 Å². The quantitative estimate of drug-likeness (QED) is 0.861. The van der Waals surface area contributed by atoms with Crippen LogP contribution in [0.4, 0.5) is 25.8 Å². The largest absolute Gasteiger partial charge is 0.376 e. The summed E-state index contributed by atoms with van der Waals surface area (Å²) in [7, 11) is 0. The fourth-order valence-electron chi connectivity index (χ4n) is 2.95. The molecule has 4 nitrogen and oxygen atoms in total. The van der Waals surface area contributed by atoms with E-state index in [-0.39, 0.29) is 18.1 Å². The van der Waals surface area contributed by atoms with Crippen molar-refractivity contribution in [3.05, 3.63) is 54.1 Å². The van der Waals surface area contributed by atoms with E-state index in [1.54, 1.807) is 0 Å². The fourth-order valence-corrected chi connectivity index (χ4v) is 2.95. The molecule has 1 heterocycles. The summed E-state index contributed by atoms with van der Waals surface area (Å²) in [5.74, 6) is -1.65.